The molecule has 0 bridgehead atoms. The summed E-state index contributed by atoms with van der Waals surface area (Å²) in [6.07, 6.45) is 4.92. The Morgan fingerprint density at radius 2 is 2.62 bits per heavy atom. The SMILES string of the molecule is C(=NNc1nccs1)c1ccco1. The van der Waals surface area contributed by atoms with E-state index < -0.39 is 0 Å². The average Bonchev–Trinajstić information content (AvgIpc) is 2.75. The van der Waals surface area contributed by atoms with Crippen LogP contribution in [0.4, 0.5) is 5.13 Å². The highest BCUT2D eigenvalue weighted by Gasteiger charge is 1.90. The molecule has 13 heavy (non-hydrogen) atoms. The van der Waals surface area contributed by atoms with Crippen LogP contribution in [0.3, 0.4) is 0 Å². The van der Waals surface area contributed by atoms with E-state index in [1.54, 1.807) is 18.7 Å². The zero-order chi connectivity index (χ0) is 8.93. The second-order valence-corrected chi connectivity index (χ2v) is 3.12. The minimum Gasteiger partial charge on any atom is -0.463 e. The number of hydrogen-bond acceptors (Lipinski definition) is 5. The van der Waals surface area contributed by atoms with E-state index in [1.165, 1.54) is 11.3 Å². The number of furan rings is 1. The van der Waals surface area contributed by atoms with Crippen LogP contribution in [0.15, 0.2) is 39.5 Å². The van der Waals surface area contributed by atoms with Crippen molar-refractivity contribution in [2.24, 2.45) is 5.10 Å². The summed E-state index contributed by atoms with van der Waals surface area (Å²) in [6, 6.07) is 3.64. The summed E-state index contributed by atoms with van der Waals surface area (Å²) in [4.78, 5) is 4.00. The van der Waals surface area contributed by atoms with Crippen LogP contribution in [0.1, 0.15) is 5.76 Å². The van der Waals surface area contributed by atoms with Gasteiger partial charge in [-0.1, -0.05) is 0 Å². The predicted octanol–water partition coefficient (Wildman–Crippen LogP) is 2.18. The van der Waals surface area contributed by atoms with Crippen LogP contribution in [0.5, 0.6) is 0 Å². The summed E-state index contributed by atoms with van der Waals surface area (Å²) >= 11 is 1.49. The van der Waals surface area contributed by atoms with E-state index in [9.17, 15) is 0 Å². The van der Waals surface area contributed by atoms with E-state index in [0.29, 0.717) is 5.76 Å². The van der Waals surface area contributed by atoms with Crippen molar-refractivity contribution >= 4 is 22.7 Å². The fraction of sp³-hybridized carbons (Fsp3) is 0. The molecule has 0 amide bonds. The Kier molecular flexibility index (Phi) is 2.38. The van der Waals surface area contributed by atoms with Gasteiger partial charge in [0, 0.05) is 11.6 Å². The van der Waals surface area contributed by atoms with Gasteiger partial charge in [0.25, 0.3) is 0 Å². The van der Waals surface area contributed by atoms with E-state index in [2.05, 4.69) is 15.5 Å². The summed E-state index contributed by atoms with van der Waals surface area (Å²) in [5.74, 6) is 0.712. The van der Waals surface area contributed by atoms with Gasteiger partial charge >= 0.3 is 0 Å². The summed E-state index contributed by atoms with van der Waals surface area (Å²) in [5, 5.41) is 6.58. The third kappa shape index (κ3) is 2.16. The van der Waals surface area contributed by atoms with Crippen LogP contribution in [-0.2, 0) is 0 Å². The van der Waals surface area contributed by atoms with E-state index in [1.807, 2.05) is 17.5 Å². The number of hydrazone groups is 1. The Labute approximate surface area is 78.9 Å². The maximum absolute atomic E-state index is 5.05. The maximum Gasteiger partial charge on any atom is 0.203 e. The number of hydrogen-bond donors (Lipinski definition) is 1. The molecule has 2 aromatic heterocycles. The summed E-state index contributed by atoms with van der Waals surface area (Å²) in [7, 11) is 0. The lowest BCUT2D eigenvalue weighted by Gasteiger charge is -1.89. The van der Waals surface area contributed by atoms with Gasteiger partial charge in [0.1, 0.15) is 5.76 Å². The van der Waals surface area contributed by atoms with Gasteiger partial charge in [-0.25, -0.2) is 4.98 Å². The minimum atomic E-state index is 0.712. The van der Waals surface area contributed by atoms with Crippen LogP contribution in [0, 0.1) is 0 Å². The molecule has 0 spiro atoms. The predicted molar refractivity (Wildman–Crippen MR) is 52.0 cm³/mol. The third-order valence-corrected chi connectivity index (χ3v) is 2.01. The zero-order valence-corrected chi connectivity index (χ0v) is 7.49. The lowest BCUT2D eigenvalue weighted by molar-refractivity contribution is 0.560. The van der Waals surface area contributed by atoms with Crippen LogP contribution < -0.4 is 5.43 Å². The summed E-state index contributed by atoms with van der Waals surface area (Å²) < 4.78 is 5.05. The van der Waals surface area contributed by atoms with Crippen molar-refractivity contribution in [3.05, 3.63) is 35.7 Å². The average molecular weight is 193 g/mol. The van der Waals surface area contributed by atoms with Gasteiger partial charge in [0.05, 0.1) is 12.5 Å². The molecule has 0 aliphatic carbocycles. The molecular weight excluding hydrogens is 186 g/mol. The number of nitrogens with zero attached hydrogens (tertiary/aromatic N) is 2. The second-order valence-electron chi connectivity index (χ2n) is 2.22. The largest absolute Gasteiger partial charge is 0.463 e. The quantitative estimate of drug-likeness (QED) is 0.600. The molecule has 4 nitrogen and oxygen atoms in total. The number of thiazole rings is 1. The Hall–Kier alpha value is -1.62. The molecule has 0 atom stereocenters. The Balaban J connectivity index is 1.93. The normalized spacial score (nSPS) is 10.8. The van der Waals surface area contributed by atoms with Gasteiger partial charge in [-0.3, -0.25) is 5.43 Å². The monoisotopic (exact) mass is 193 g/mol. The van der Waals surface area contributed by atoms with Crippen molar-refractivity contribution in [2.45, 2.75) is 0 Å². The summed E-state index contributed by atoms with van der Waals surface area (Å²) in [5.41, 5.74) is 2.78. The van der Waals surface area contributed by atoms with Crippen LogP contribution in [0.25, 0.3) is 0 Å². The van der Waals surface area contributed by atoms with E-state index in [4.69, 9.17) is 4.42 Å². The molecule has 66 valence electrons. The van der Waals surface area contributed by atoms with Crippen LogP contribution in [-0.4, -0.2) is 11.2 Å². The highest BCUT2D eigenvalue weighted by atomic mass is 32.1. The van der Waals surface area contributed by atoms with E-state index in [-0.39, 0.29) is 0 Å². The number of anilines is 1. The topological polar surface area (TPSA) is 50.4 Å². The molecular formula is C8H7N3OS. The van der Waals surface area contributed by atoms with Gasteiger partial charge < -0.3 is 4.42 Å². The van der Waals surface area contributed by atoms with Gasteiger partial charge in [-0.05, 0) is 12.1 Å². The highest BCUT2D eigenvalue weighted by Crippen LogP contribution is 2.09. The molecule has 0 aliphatic rings. The fourth-order valence-electron chi connectivity index (χ4n) is 0.794. The summed E-state index contributed by atoms with van der Waals surface area (Å²) in [6.45, 7) is 0. The molecule has 5 heteroatoms. The second kappa shape index (κ2) is 3.86. The molecule has 2 heterocycles. The number of rotatable bonds is 3. The van der Waals surface area contributed by atoms with Gasteiger partial charge in [0.2, 0.25) is 5.13 Å². The number of aromatic nitrogens is 1. The van der Waals surface area contributed by atoms with Crippen molar-refractivity contribution in [3.63, 3.8) is 0 Å². The first-order valence-electron chi connectivity index (χ1n) is 3.67. The smallest absolute Gasteiger partial charge is 0.203 e. The molecule has 0 saturated carbocycles. The fourth-order valence-corrected chi connectivity index (χ4v) is 1.27. The van der Waals surface area contributed by atoms with Crippen LogP contribution in [0.2, 0.25) is 0 Å². The lowest BCUT2D eigenvalue weighted by Crippen LogP contribution is -1.87. The van der Waals surface area contributed by atoms with E-state index in [0.717, 1.165) is 5.13 Å². The van der Waals surface area contributed by atoms with Crippen LogP contribution >= 0.6 is 11.3 Å². The minimum absolute atomic E-state index is 0.712. The molecule has 1 N–H and O–H groups in total. The first-order chi connectivity index (χ1) is 6.45. The van der Waals surface area contributed by atoms with Crippen molar-refractivity contribution in [3.8, 4) is 0 Å². The van der Waals surface area contributed by atoms with Crippen molar-refractivity contribution in [1.82, 2.24) is 4.98 Å². The Morgan fingerprint density at radius 1 is 1.62 bits per heavy atom. The third-order valence-electron chi connectivity index (χ3n) is 1.33. The molecule has 2 rings (SSSR count). The van der Waals surface area contributed by atoms with Gasteiger partial charge in [-0.2, -0.15) is 5.10 Å². The molecule has 2 aromatic rings. The van der Waals surface area contributed by atoms with Crippen molar-refractivity contribution in [2.75, 3.05) is 5.43 Å². The Morgan fingerprint density at radius 3 is 3.31 bits per heavy atom. The van der Waals surface area contributed by atoms with E-state index >= 15 is 0 Å². The van der Waals surface area contributed by atoms with Crippen molar-refractivity contribution in [1.29, 1.82) is 0 Å². The van der Waals surface area contributed by atoms with Gasteiger partial charge in [0.15, 0.2) is 0 Å². The van der Waals surface area contributed by atoms with Gasteiger partial charge in [-0.15, -0.1) is 11.3 Å². The molecule has 0 saturated heterocycles. The molecule has 0 fully saturated rings. The standard InChI is InChI=1S/C8H7N3OS/c1-2-7(12-4-1)6-10-11-8-9-3-5-13-8/h1-6H,(H,9,11). The Bertz CT molecular complexity index is 366. The van der Waals surface area contributed by atoms with Crippen molar-refractivity contribution < 1.29 is 4.42 Å². The first-order valence-corrected chi connectivity index (χ1v) is 4.55. The zero-order valence-electron chi connectivity index (χ0n) is 6.68. The number of nitrogens with one attached hydrogen (secondary N) is 1. The molecule has 0 radical (unpaired) electrons. The highest BCUT2D eigenvalue weighted by molar-refractivity contribution is 7.13. The maximum atomic E-state index is 5.05. The lowest BCUT2D eigenvalue weighted by atomic mass is 10.5. The molecule has 0 aliphatic heterocycles. The first kappa shape index (κ1) is 8.00. The molecule has 0 aromatic carbocycles. The molecule has 0 unspecified atom stereocenters.